The number of anilines is 2. The minimum atomic E-state index is -5.66. The molecule has 0 aliphatic heterocycles. The van der Waals surface area contributed by atoms with Crippen LogP contribution in [-0.4, -0.2) is 59.2 Å². The number of Topliss-reactive ketones (excluding diaryl/α,β-unsaturated/α-hetero) is 1. The monoisotopic (exact) mass is 560 g/mol. The maximum Gasteiger partial charge on any atom is 0.369 e. The summed E-state index contributed by atoms with van der Waals surface area (Å²) in [6, 6.07) is 8.16. The van der Waals surface area contributed by atoms with E-state index in [0.717, 1.165) is 31.2 Å². The second-order valence-electron chi connectivity index (χ2n) is 7.46. The molecule has 37 heavy (non-hydrogen) atoms. The van der Waals surface area contributed by atoms with Gasteiger partial charge in [0.15, 0.2) is 17.2 Å². The van der Waals surface area contributed by atoms with E-state index in [0.29, 0.717) is 0 Å². The van der Waals surface area contributed by atoms with Gasteiger partial charge in [0.2, 0.25) is 0 Å². The smallest absolute Gasteiger partial charge is 0.369 e. The molecule has 18 heteroatoms. The molecule has 0 spiro atoms. The molecule has 0 atom stereocenters. The molecule has 2 aromatic rings. The van der Waals surface area contributed by atoms with E-state index < -0.39 is 49.0 Å². The number of hydrogen-bond acceptors (Lipinski definition) is 10. The molecule has 0 aliphatic carbocycles. The lowest BCUT2D eigenvalue weighted by atomic mass is 10.1. The maximum absolute atomic E-state index is 12.6. The molecule has 2 aromatic carbocycles. The number of amides is 1. The summed E-state index contributed by atoms with van der Waals surface area (Å²) in [4.78, 5) is 71.8. The number of nitrogens with zero attached hydrogens (tertiary/aromatic N) is 2. The van der Waals surface area contributed by atoms with Crippen molar-refractivity contribution in [3.8, 4) is 5.75 Å². The number of non-ortho nitro benzene ring substituents is 1. The van der Waals surface area contributed by atoms with Crippen LogP contribution in [0, 0.1) is 10.1 Å². The van der Waals surface area contributed by atoms with Crippen LogP contribution in [0.2, 0.25) is 0 Å². The summed E-state index contributed by atoms with van der Waals surface area (Å²) in [6.07, 6.45) is -1.10. The van der Waals surface area contributed by atoms with Gasteiger partial charge in [0.05, 0.1) is 23.8 Å². The topological polar surface area (TPSA) is 258 Å². The van der Waals surface area contributed by atoms with Crippen molar-refractivity contribution < 1.29 is 53.1 Å². The first-order valence-corrected chi connectivity index (χ1v) is 13.1. The number of ether oxygens (including phenoxy) is 1. The van der Waals surface area contributed by atoms with Crippen LogP contribution in [0.5, 0.6) is 5.75 Å². The standard InChI is InChI=1S/C19H22N4O12P2/c1-11(24)17(22-21-15-8-7-14(23(27)28)9-16(15)35-2)18(25)20-13-5-3-12(4-6-13)10-19(26,36(29,30)31)37(32,33)34/h3-9,21,26H,10H2,1-2H3,(H,20,25)(H2,29,30,31)(H2,32,33,34)/b22-17+. The van der Waals surface area contributed by atoms with Crippen LogP contribution in [0.15, 0.2) is 47.6 Å². The molecule has 0 aliphatic rings. The number of methoxy groups -OCH3 is 1. The van der Waals surface area contributed by atoms with Gasteiger partial charge >= 0.3 is 15.2 Å². The number of hydrazone groups is 1. The summed E-state index contributed by atoms with van der Waals surface area (Å²) in [6.45, 7) is 1.06. The van der Waals surface area contributed by atoms with Gasteiger partial charge in [-0.2, -0.15) is 5.10 Å². The highest BCUT2D eigenvalue weighted by molar-refractivity contribution is 7.72. The third-order valence-corrected chi connectivity index (χ3v) is 8.56. The van der Waals surface area contributed by atoms with Gasteiger partial charge in [0.25, 0.3) is 16.7 Å². The van der Waals surface area contributed by atoms with Crippen LogP contribution < -0.4 is 15.5 Å². The molecule has 1 amide bonds. The Hall–Kier alpha value is -3.49. The van der Waals surface area contributed by atoms with Gasteiger partial charge in [-0.15, -0.1) is 0 Å². The quantitative estimate of drug-likeness (QED) is 0.0669. The molecule has 0 saturated heterocycles. The van der Waals surface area contributed by atoms with Crippen LogP contribution in [0.1, 0.15) is 12.5 Å². The van der Waals surface area contributed by atoms with Gasteiger partial charge in [-0.3, -0.25) is 34.3 Å². The van der Waals surface area contributed by atoms with E-state index in [1.54, 1.807) is 0 Å². The predicted molar refractivity (Wildman–Crippen MR) is 129 cm³/mol. The first-order valence-electron chi connectivity index (χ1n) is 9.91. The second-order valence-corrected chi connectivity index (χ2v) is 11.5. The minimum absolute atomic E-state index is 0.0161. The fourth-order valence-corrected chi connectivity index (χ4v) is 4.97. The molecule has 2 rings (SSSR count). The maximum atomic E-state index is 12.6. The summed E-state index contributed by atoms with van der Waals surface area (Å²) >= 11 is 0. The van der Waals surface area contributed by atoms with Crippen LogP contribution >= 0.6 is 15.2 Å². The molecule has 0 radical (unpaired) electrons. The van der Waals surface area contributed by atoms with Crippen molar-refractivity contribution >= 4 is 49.7 Å². The molecule has 0 fully saturated rings. The van der Waals surface area contributed by atoms with Gasteiger partial charge in [-0.1, -0.05) is 12.1 Å². The number of nitrogens with one attached hydrogen (secondary N) is 2. The molecular formula is C19H22N4O12P2. The Morgan fingerprint density at radius 1 is 1.08 bits per heavy atom. The zero-order valence-corrected chi connectivity index (χ0v) is 20.9. The number of rotatable bonds is 11. The van der Waals surface area contributed by atoms with Gasteiger partial charge in [0, 0.05) is 25.1 Å². The molecule has 0 saturated carbocycles. The molecule has 16 nitrogen and oxygen atoms in total. The van der Waals surface area contributed by atoms with Crippen molar-refractivity contribution in [3.05, 3.63) is 58.1 Å². The highest BCUT2D eigenvalue weighted by Crippen LogP contribution is 2.68. The largest absolute Gasteiger partial charge is 0.494 e. The van der Waals surface area contributed by atoms with E-state index in [9.17, 15) is 53.5 Å². The number of carbonyl (C=O) groups is 2. The van der Waals surface area contributed by atoms with Gasteiger partial charge in [0.1, 0.15) is 0 Å². The van der Waals surface area contributed by atoms with Crippen molar-refractivity contribution in [2.45, 2.75) is 18.4 Å². The number of hydrogen-bond donors (Lipinski definition) is 7. The molecule has 0 aromatic heterocycles. The zero-order valence-electron chi connectivity index (χ0n) is 19.1. The number of nitro groups is 1. The fourth-order valence-electron chi connectivity index (χ4n) is 2.84. The lowest BCUT2D eigenvalue weighted by Crippen LogP contribution is -2.31. The SMILES string of the molecule is COc1cc([N+](=O)[O-])ccc1N/N=C(\C(C)=O)C(=O)Nc1ccc(CC(O)(P(=O)(O)O)P(=O)(O)O)cc1. The highest BCUT2D eigenvalue weighted by Gasteiger charge is 2.59. The molecule has 0 bridgehead atoms. The Bertz CT molecular complexity index is 1310. The Balaban J connectivity index is 2.22. The van der Waals surface area contributed by atoms with Gasteiger partial charge in [-0.05, 0) is 23.8 Å². The lowest BCUT2D eigenvalue weighted by molar-refractivity contribution is -0.384. The summed E-state index contributed by atoms with van der Waals surface area (Å²) in [7, 11) is -10.1. The number of ketones is 1. The van der Waals surface area contributed by atoms with Gasteiger partial charge < -0.3 is 34.7 Å². The molecular weight excluding hydrogens is 538 g/mol. The highest BCUT2D eigenvalue weighted by atomic mass is 31.2. The van der Waals surface area contributed by atoms with Crippen molar-refractivity contribution in [1.82, 2.24) is 0 Å². The third kappa shape index (κ3) is 7.05. The zero-order chi connectivity index (χ0) is 28.2. The number of aliphatic hydroxyl groups is 1. The van der Waals surface area contributed by atoms with E-state index >= 15 is 0 Å². The normalized spacial score (nSPS) is 12.6. The van der Waals surface area contributed by atoms with Crippen LogP contribution in [0.3, 0.4) is 0 Å². The van der Waals surface area contributed by atoms with Crippen molar-refractivity contribution in [2.75, 3.05) is 17.9 Å². The average molecular weight is 560 g/mol. The molecule has 200 valence electrons. The summed E-state index contributed by atoms with van der Waals surface area (Å²) in [5.74, 6) is -1.71. The Labute approximate surface area is 208 Å². The average Bonchev–Trinajstić information content (AvgIpc) is 2.78. The van der Waals surface area contributed by atoms with Crippen molar-refractivity contribution in [2.24, 2.45) is 5.10 Å². The van der Waals surface area contributed by atoms with E-state index in [4.69, 9.17) is 4.74 Å². The van der Waals surface area contributed by atoms with Gasteiger partial charge in [-0.25, -0.2) is 0 Å². The van der Waals surface area contributed by atoms with Crippen LogP contribution in [0.4, 0.5) is 17.1 Å². The minimum Gasteiger partial charge on any atom is -0.494 e. The second kappa shape index (κ2) is 11.3. The Kier molecular flexibility index (Phi) is 9.06. The van der Waals surface area contributed by atoms with Crippen LogP contribution in [-0.2, 0) is 25.1 Å². The van der Waals surface area contributed by atoms with E-state index in [-0.39, 0.29) is 28.4 Å². The first kappa shape index (κ1) is 29.7. The van der Waals surface area contributed by atoms with Crippen molar-refractivity contribution in [1.29, 1.82) is 0 Å². The first-order chi connectivity index (χ1) is 17.0. The Morgan fingerprint density at radius 2 is 1.65 bits per heavy atom. The lowest BCUT2D eigenvalue weighted by Gasteiger charge is -2.29. The Morgan fingerprint density at radius 3 is 2.11 bits per heavy atom. The van der Waals surface area contributed by atoms with E-state index in [1.165, 1.54) is 25.3 Å². The van der Waals surface area contributed by atoms with Crippen molar-refractivity contribution in [3.63, 3.8) is 0 Å². The number of nitro benzene ring substituents is 1. The number of carbonyl (C=O) groups excluding carboxylic acids is 2. The van der Waals surface area contributed by atoms with E-state index in [2.05, 4.69) is 15.8 Å². The molecule has 0 heterocycles. The fraction of sp³-hybridized carbons (Fsp3) is 0.211. The summed E-state index contributed by atoms with van der Waals surface area (Å²) in [5, 5.41) is 23.4. The molecule has 0 unspecified atom stereocenters. The summed E-state index contributed by atoms with van der Waals surface area (Å²) < 4.78 is 28.1. The summed E-state index contributed by atoms with van der Waals surface area (Å²) in [5.41, 5.74) is 1.66. The van der Waals surface area contributed by atoms with E-state index in [1.807, 2.05) is 0 Å². The van der Waals surface area contributed by atoms with Crippen LogP contribution in [0.25, 0.3) is 0 Å². The predicted octanol–water partition coefficient (Wildman–Crippen LogP) is 1.14. The third-order valence-electron chi connectivity index (χ3n) is 4.82. The number of benzene rings is 2. The molecule has 7 N–H and O–H groups in total.